The monoisotopic (exact) mass is 209 g/mol. The minimum atomic E-state index is 0.268. The van der Waals surface area contributed by atoms with Gasteiger partial charge in [0.2, 0.25) is 5.89 Å². The Morgan fingerprint density at radius 2 is 1.87 bits per heavy atom. The minimum absolute atomic E-state index is 0.268. The molecule has 15 heavy (non-hydrogen) atoms. The second-order valence-corrected chi connectivity index (χ2v) is 4.31. The molecule has 1 aliphatic rings. The smallest absolute Gasteiger partial charge is 0.243 e. The maximum Gasteiger partial charge on any atom is 0.243 e. The Labute approximate surface area is 90.7 Å². The molecular weight excluding hydrogens is 190 g/mol. The third-order valence-corrected chi connectivity index (χ3v) is 3.09. The van der Waals surface area contributed by atoms with Gasteiger partial charge in [-0.15, -0.1) is 0 Å². The van der Waals surface area contributed by atoms with Crippen molar-refractivity contribution in [3.05, 3.63) is 11.7 Å². The van der Waals surface area contributed by atoms with E-state index < -0.39 is 0 Å². The van der Waals surface area contributed by atoms with E-state index in [9.17, 15) is 0 Å². The van der Waals surface area contributed by atoms with Gasteiger partial charge in [0.25, 0.3) is 0 Å². The van der Waals surface area contributed by atoms with Gasteiger partial charge >= 0.3 is 0 Å². The SMILES string of the molecule is Cc1noc([C@@H](C)N2CCCCCC2)n1. The highest BCUT2D eigenvalue weighted by Crippen LogP contribution is 2.22. The number of hydrogen-bond acceptors (Lipinski definition) is 4. The molecule has 0 N–H and O–H groups in total. The van der Waals surface area contributed by atoms with Crippen molar-refractivity contribution in [2.45, 2.75) is 45.6 Å². The summed E-state index contributed by atoms with van der Waals surface area (Å²) in [6.07, 6.45) is 5.28. The van der Waals surface area contributed by atoms with Gasteiger partial charge in [-0.1, -0.05) is 18.0 Å². The largest absolute Gasteiger partial charge is 0.338 e. The summed E-state index contributed by atoms with van der Waals surface area (Å²) in [6, 6.07) is 0.268. The molecule has 0 bridgehead atoms. The molecule has 0 saturated carbocycles. The van der Waals surface area contributed by atoms with Gasteiger partial charge in [0.15, 0.2) is 5.82 Å². The molecule has 1 atom stereocenters. The summed E-state index contributed by atoms with van der Waals surface area (Å²) < 4.78 is 5.22. The standard InChI is InChI=1S/C11H19N3O/c1-9(11-12-10(2)13-15-11)14-7-5-3-4-6-8-14/h9H,3-8H2,1-2H3/t9-/m1/s1. The average molecular weight is 209 g/mol. The zero-order valence-corrected chi connectivity index (χ0v) is 9.57. The third-order valence-electron chi connectivity index (χ3n) is 3.09. The van der Waals surface area contributed by atoms with Crippen molar-refractivity contribution in [2.75, 3.05) is 13.1 Å². The van der Waals surface area contributed by atoms with Crippen LogP contribution < -0.4 is 0 Å². The van der Waals surface area contributed by atoms with Crippen LogP contribution in [-0.4, -0.2) is 28.1 Å². The maximum atomic E-state index is 5.22. The van der Waals surface area contributed by atoms with Gasteiger partial charge < -0.3 is 4.52 Å². The fourth-order valence-electron chi connectivity index (χ4n) is 2.12. The van der Waals surface area contributed by atoms with E-state index in [0.29, 0.717) is 0 Å². The Balaban J connectivity index is 2.02. The molecule has 2 heterocycles. The molecule has 1 fully saturated rings. The van der Waals surface area contributed by atoms with Crippen LogP contribution in [0.4, 0.5) is 0 Å². The normalized spacial score (nSPS) is 21.2. The molecular formula is C11H19N3O. The first-order valence-electron chi connectivity index (χ1n) is 5.81. The van der Waals surface area contributed by atoms with Crippen LogP contribution in [0.1, 0.15) is 50.4 Å². The molecule has 1 aliphatic heterocycles. The van der Waals surface area contributed by atoms with Gasteiger partial charge in [-0.05, 0) is 39.8 Å². The number of aryl methyl sites for hydroxylation is 1. The predicted octanol–water partition coefficient (Wildman–Crippen LogP) is 2.32. The van der Waals surface area contributed by atoms with Gasteiger partial charge in [-0.3, -0.25) is 4.90 Å². The fourth-order valence-corrected chi connectivity index (χ4v) is 2.12. The number of aromatic nitrogens is 2. The quantitative estimate of drug-likeness (QED) is 0.749. The Morgan fingerprint density at radius 1 is 1.20 bits per heavy atom. The minimum Gasteiger partial charge on any atom is -0.338 e. The zero-order valence-electron chi connectivity index (χ0n) is 9.57. The van der Waals surface area contributed by atoms with E-state index in [2.05, 4.69) is 22.0 Å². The third kappa shape index (κ3) is 2.56. The molecule has 4 heteroatoms. The van der Waals surface area contributed by atoms with E-state index in [1.165, 1.54) is 25.7 Å². The van der Waals surface area contributed by atoms with E-state index in [1.807, 2.05) is 6.92 Å². The van der Waals surface area contributed by atoms with E-state index in [4.69, 9.17) is 4.52 Å². The molecule has 0 amide bonds. The second kappa shape index (κ2) is 4.75. The van der Waals surface area contributed by atoms with Crippen molar-refractivity contribution in [3.63, 3.8) is 0 Å². The lowest BCUT2D eigenvalue weighted by Crippen LogP contribution is -2.28. The van der Waals surface area contributed by atoms with Crippen LogP contribution in [0.2, 0.25) is 0 Å². The van der Waals surface area contributed by atoms with Crippen LogP contribution in [0.25, 0.3) is 0 Å². The maximum absolute atomic E-state index is 5.22. The highest BCUT2D eigenvalue weighted by atomic mass is 16.5. The van der Waals surface area contributed by atoms with Crippen molar-refractivity contribution >= 4 is 0 Å². The molecule has 1 saturated heterocycles. The van der Waals surface area contributed by atoms with Crippen LogP contribution >= 0.6 is 0 Å². The van der Waals surface area contributed by atoms with Crippen molar-refractivity contribution < 1.29 is 4.52 Å². The summed E-state index contributed by atoms with van der Waals surface area (Å²) in [4.78, 5) is 6.74. The average Bonchev–Trinajstić information content (AvgIpc) is 2.53. The van der Waals surface area contributed by atoms with Crippen molar-refractivity contribution in [2.24, 2.45) is 0 Å². The van der Waals surface area contributed by atoms with Gasteiger partial charge in [-0.2, -0.15) is 4.98 Å². The van der Waals surface area contributed by atoms with Crippen molar-refractivity contribution in [3.8, 4) is 0 Å². The van der Waals surface area contributed by atoms with Gasteiger partial charge in [0, 0.05) is 0 Å². The van der Waals surface area contributed by atoms with Crippen LogP contribution in [0, 0.1) is 6.92 Å². The Bertz CT molecular complexity index is 303. The van der Waals surface area contributed by atoms with Crippen LogP contribution in [0.3, 0.4) is 0 Å². The summed E-state index contributed by atoms with van der Waals surface area (Å²) in [5, 5.41) is 3.84. The first-order valence-corrected chi connectivity index (χ1v) is 5.81. The number of likely N-dealkylation sites (tertiary alicyclic amines) is 1. The summed E-state index contributed by atoms with van der Waals surface area (Å²) in [5.41, 5.74) is 0. The molecule has 84 valence electrons. The Morgan fingerprint density at radius 3 is 2.40 bits per heavy atom. The zero-order chi connectivity index (χ0) is 10.7. The summed E-state index contributed by atoms with van der Waals surface area (Å²) in [6.45, 7) is 6.33. The Kier molecular flexibility index (Phi) is 3.36. The van der Waals surface area contributed by atoms with Crippen LogP contribution in [-0.2, 0) is 0 Å². The lowest BCUT2D eigenvalue weighted by Gasteiger charge is -2.24. The molecule has 0 radical (unpaired) electrons. The molecule has 0 aromatic carbocycles. The molecule has 1 aromatic rings. The van der Waals surface area contributed by atoms with E-state index in [1.54, 1.807) is 0 Å². The van der Waals surface area contributed by atoms with Gasteiger partial charge in [0.05, 0.1) is 6.04 Å². The summed E-state index contributed by atoms with van der Waals surface area (Å²) in [7, 11) is 0. The first kappa shape index (κ1) is 10.6. The van der Waals surface area contributed by atoms with Gasteiger partial charge in [0.1, 0.15) is 0 Å². The van der Waals surface area contributed by atoms with E-state index in [0.717, 1.165) is 24.8 Å². The number of rotatable bonds is 2. The van der Waals surface area contributed by atoms with Crippen molar-refractivity contribution in [1.29, 1.82) is 0 Å². The highest BCUT2D eigenvalue weighted by Gasteiger charge is 2.21. The number of hydrogen-bond donors (Lipinski definition) is 0. The highest BCUT2D eigenvalue weighted by molar-refractivity contribution is 4.90. The van der Waals surface area contributed by atoms with E-state index in [-0.39, 0.29) is 6.04 Å². The molecule has 4 nitrogen and oxygen atoms in total. The van der Waals surface area contributed by atoms with Gasteiger partial charge in [-0.25, -0.2) is 0 Å². The fraction of sp³-hybridized carbons (Fsp3) is 0.818. The second-order valence-electron chi connectivity index (χ2n) is 4.31. The van der Waals surface area contributed by atoms with Crippen LogP contribution in [0.15, 0.2) is 4.52 Å². The Hall–Kier alpha value is -0.900. The van der Waals surface area contributed by atoms with Crippen molar-refractivity contribution in [1.82, 2.24) is 15.0 Å². The first-order chi connectivity index (χ1) is 7.27. The molecule has 0 spiro atoms. The lowest BCUT2D eigenvalue weighted by atomic mass is 10.2. The summed E-state index contributed by atoms with van der Waals surface area (Å²) >= 11 is 0. The molecule has 0 unspecified atom stereocenters. The molecule has 1 aromatic heterocycles. The summed E-state index contributed by atoms with van der Waals surface area (Å²) in [5.74, 6) is 1.49. The van der Waals surface area contributed by atoms with E-state index >= 15 is 0 Å². The number of nitrogens with zero attached hydrogens (tertiary/aromatic N) is 3. The topological polar surface area (TPSA) is 42.2 Å². The predicted molar refractivity (Wildman–Crippen MR) is 57.5 cm³/mol. The molecule has 0 aliphatic carbocycles. The van der Waals surface area contributed by atoms with Crippen LogP contribution in [0.5, 0.6) is 0 Å². The molecule has 2 rings (SSSR count). The lowest BCUT2D eigenvalue weighted by molar-refractivity contribution is 0.179.